The van der Waals surface area contributed by atoms with Crippen molar-refractivity contribution < 1.29 is 4.74 Å². The first kappa shape index (κ1) is 17.2. The van der Waals surface area contributed by atoms with Crippen LogP contribution in [0, 0.1) is 11.3 Å². The van der Waals surface area contributed by atoms with Crippen molar-refractivity contribution in [2.75, 3.05) is 32.7 Å². The third kappa shape index (κ3) is 5.54. The molecule has 2 atom stereocenters. The fourth-order valence-corrected chi connectivity index (χ4v) is 4.21. The van der Waals surface area contributed by atoms with Crippen molar-refractivity contribution in [3.05, 3.63) is 0 Å². The van der Waals surface area contributed by atoms with Crippen LogP contribution in [-0.2, 0) is 4.74 Å². The summed E-state index contributed by atoms with van der Waals surface area (Å²) in [4.78, 5) is 2.67. The van der Waals surface area contributed by atoms with Crippen LogP contribution in [0.5, 0.6) is 0 Å². The van der Waals surface area contributed by atoms with E-state index in [9.17, 15) is 0 Å². The predicted molar refractivity (Wildman–Crippen MR) is 89.7 cm³/mol. The van der Waals surface area contributed by atoms with Gasteiger partial charge in [-0.15, -0.1) is 0 Å². The van der Waals surface area contributed by atoms with E-state index in [0.29, 0.717) is 17.6 Å². The molecule has 1 N–H and O–H groups in total. The average Bonchev–Trinajstić information content (AvgIpc) is 2.37. The lowest BCUT2D eigenvalue weighted by atomic mass is 9.73. The zero-order valence-corrected chi connectivity index (χ0v) is 14.7. The number of nitrogens with one attached hydrogen (secondary N) is 1. The van der Waals surface area contributed by atoms with Gasteiger partial charge in [0, 0.05) is 26.2 Å². The smallest absolute Gasteiger partial charge is 0.0678 e. The maximum absolute atomic E-state index is 5.89. The van der Waals surface area contributed by atoms with Gasteiger partial charge in [0.1, 0.15) is 0 Å². The summed E-state index contributed by atoms with van der Waals surface area (Å²) in [7, 11) is 0. The second kappa shape index (κ2) is 7.94. The van der Waals surface area contributed by atoms with E-state index in [2.05, 4.69) is 37.9 Å². The Bertz CT molecular complexity index is 290. The molecule has 3 heteroatoms. The van der Waals surface area contributed by atoms with Gasteiger partial charge in [0.25, 0.3) is 0 Å². The molecule has 1 aliphatic carbocycles. The largest absolute Gasteiger partial charge is 0.373 e. The molecule has 2 fully saturated rings. The predicted octanol–water partition coefficient (Wildman–Crippen LogP) is 3.29. The Morgan fingerprint density at radius 1 is 1.10 bits per heavy atom. The van der Waals surface area contributed by atoms with Crippen molar-refractivity contribution in [3.63, 3.8) is 0 Å². The molecule has 1 aliphatic heterocycles. The highest BCUT2D eigenvalue weighted by atomic mass is 16.5. The summed E-state index contributed by atoms with van der Waals surface area (Å²) in [5, 5.41) is 3.75. The number of hydrogen-bond donors (Lipinski definition) is 1. The molecule has 0 bridgehead atoms. The first-order chi connectivity index (χ1) is 9.99. The van der Waals surface area contributed by atoms with Gasteiger partial charge in [-0.1, -0.05) is 33.1 Å². The van der Waals surface area contributed by atoms with E-state index in [1.165, 1.54) is 45.2 Å². The number of rotatable bonds is 6. The third-order valence-electron chi connectivity index (χ3n) is 5.02. The quantitative estimate of drug-likeness (QED) is 0.814. The second-order valence-corrected chi connectivity index (χ2v) is 8.04. The summed E-state index contributed by atoms with van der Waals surface area (Å²) < 4.78 is 5.89. The monoisotopic (exact) mass is 296 g/mol. The normalized spacial score (nSPS) is 30.7. The Balaban J connectivity index is 1.91. The number of morpholine rings is 1. The molecule has 2 unspecified atom stereocenters. The minimum Gasteiger partial charge on any atom is -0.373 e. The van der Waals surface area contributed by atoms with E-state index in [0.717, 1.165) is 25.6 Å². The van der Waals surface area contributed by atoms with E-state index in [-0.39, 0.29) is 0 Å². The van der Waals surface area contributed by atoms with Crippen LogP contribution in [0.15, 0.2) is 0 Å². The van der Waals surface area contributed by atoms with E-state index in [1.807, 2.05) is 0 Å². The molecule has 2 aliphatic rings. The van der Waals surface area contributed by atoms with Gasteiger partial charge >= 0.3 is 0 Å². The maximum atomic E-state index is 5.89. The minimum absolute atomic E-state index is 0.387. The molecule has 124 valence electrons. The van der Waals surface area contributed by atoms with Gasteiger partial charge in [0.15, 0.2) is 0 Å². The number of nitrogens with zero attached hydrogens (tertiary/aromatic N) is 1. The van der Waals surface area contributed by atoms with Crippen molar-refractivity contribution in [2.45, 2.75) is 72.0 Å². The Hall–Kier alpha value is -0.120. The molecule has 3 nitrogen and oxygen atoms in total. The Morgan fingerprint density at radius 2 is 1.71 bits per heavy atom. The Morgan fingerprint density at radius 3 is 2.29 bits per heavy atom. The molecule has 1 heterocycles. The zero-order chi connectivity index (χ0) is 15.3. The first-order valence-electron chi connectivity index (χ1n) is 9.08. The molecule has 0 aromatic rings. The molecular weight excluding hydrogens is 260 g/mol. The van der Waals surface area contributed by atoms with Crippen LogP contribution in [0.25, 0.3) is 0 Å². The van der Waals surface area contributed by atoms with E-state index in [4.69, 9.17) is 4.74 Å². The van der Waals surface area contributed by atoms with E-state index in [1.54, 1.807) is 0 Å². The fourth-order valence-electron chi connectivity index (χ4n) is 4.21. The van der Waals surface area contributed by atoms with Gasteiger partial charge in [0.2, 0.25) is 0 Å². The van der Waals surface area contributed by atoms with Crippen LogP contribution in [0.3, 0.4) is 0 Å². The molecular formula is C18H36N2O. The minimum atomic E-state index is 0.387. The molecule has 2 rings (SSSR count). The summed E-state index contributed by atoms with van der Waals surface area (Å²) in [6.07, 6.45) is 7.84. The van der Waals surface area contributed by atoms with Crippen molar-refractivity contribution in [2.24, 2.45) is 11.3 Å². The molecule has 0 radical (unpaired) electrons. The van der Waals surface area contributed by atoms with Crippen molar-refractivity contribution >= 4 is 0 Å². The van der Waals surface area contributed by atoms with Gasteiger partial charge in [-0.2, -0.15) is 0 Å². The van der Waals surface area contributed by atoms with Gasteiger partial charge in [-0.3, -0.25) is 4.90 Å². The number of hydrogen-bond acceptors (Lipinski definition) is 3. The molecule has 0 amide bonds. The van der Waals surface area contributed by atoms with Crippen LogP contribution in [0.4, 0.5) is 0 Å². The highest BCUT2D eigenvalue weighted by molar-refractivity contribution is 4.89. The first-order valence-corrected chi connectivity index (χ1v) is 9.08. The number of ether oxygens (including phenoxy) is 1. The maximum Gasteiger partial charge on any atom is 0.0678 e. The zero-order valence-electron chi connectivity index (χ0n) is 14.7. The lowest BCUT2D eigenvalue weighted by Crippen LogP contribution is -2.52. The van der Waals surface area contributed by atoms with Gasteiger partial charge in [-0.25, -0.2) is 0 Å². The summed E-state index contributed by atoms with van der Waals surface area (Å²) in [6.45, 7) is 14.9. The summed E-state index contributed by atoms with van der Waals surface area (Å²) in [5.41, 5.74) is 0.504. The highest BCUT2D eigenvalue weighted by Gasteiger charge is 2.35. The highest BCUT2D eigenvalue weighted by Crippen LogP contribution is 2.37. The van der Waals surface area contributed by atoms with Crippen molar-refractivity contribution in [3.8, 4) is 0 Å². The lowest BCUT2D eigenvalue weighted by molar-refractivity contribution is -0.0803. The molecule has 21 heavy (non-hydrogen) atoms. The lowest BCUT2D eigenvalue weighted by Gasteiger charge is -2.44. The molecule has 0 aromatic carbocycles. The van der Waals surface area contributed by atoms with Crippen LogP contribution < -0.4 is 5.32 Å². The summed E-state index contributed by atoms with van der Waals surface area (Å²) >= 11 is 0. The molecule has 1 saturated heterocycles. The van der Waals surface area contributed by atoms with E-state index >= 15 is 0 Å². The standard InChI is InChI=1S/C18H36N2O/c1-15(2)10-19-13-18(8-6-5-7-9-18)14-20-11-16(3)21-17(4)12-20/h15-17,19H,5-14H2,1-4H3. The Labute approximate surface area is 131 Å². The van der Waals surface area contributed by atoms with Crippen molar-refractivity contribution in [1.29, 1.82) is 0 Å². The topological polar surface area (TPSA) is 24.5 Å². The third-order valence-corrected chi connectivity index (χ3v) is 5.02. The van der Waals surface area contributed by atoms with E-state index < -0.39 is 0 Å². The van der Waals surface area contributed by atoms with Gasteiger partial charge in [-0.05, 0) is 44.6 Å². The van der Waals surface area contributed by atoms with Crippen LogP contribution in [0.2, 0.25) is 0 Å². The van der Waals surface area contributed by atoms with Crippen LogP contribution in [-0.4, -0.2) is 49.8 Å². The molecule has 0 aromatic heterocycles. The molecule has 1 saturated carbocycles. The van der Waals surface area contributed by atoms with Gasteiger partial charge in [0.05, 0.1) is 12.2 Å². The summed E-state index contributed by atoms with van der Waals surface area (Å²) in [5.74, 6) is 0.745. The molecule has 0 spiro atoms. The average molecular weight is 296 g/mol. The summed E-state index contributed by atoms with van der Waals surface area (Å²) in [6, 6.07) is 0. The van der Waals surface area contributed by atoms with Gasteiger partial charge < -0.3 is 10.1 Å². The van der Waals surface area contributed by atoms with Crippen LogP contribution in [0.1, 0.15) is 59.8 Å². The van der Waals surface area contributed by atoms with Crippen molar-refractivity contribution in [1.82, 2.24) is 10.2 Å². The van der Waals surface area contributed by atoms with Crippen LogP contribution >= 0.6 is 0 Å². The Kier molecular flexibility index (Phi) is 6.51. The SMILES string of the molecule is CC(C)CNCC1(CN2CC(C)OC(C)C2)CCCCC1. The fraction of sp³-hybridized carbons (Fsp3) is 1.00. The second-order valence-electron chi connectivity index (χ2n) is 8.04.